The van der Waals surface area contributed by atoms with Crippen LogP contribution in [0.1, 0.15) is 25.7 Å². The third kappa shape index (κ3) is 21.2. The fourth-order valence-corrected chi connectivity index (χ4v) is 0.805. The summed E-state index contributed by atoms with van der Waals surface area (Å²) in [7, 11) is 0. The minimum absolute atomic E-state index is 0. The second-order valence-electron chi connectivity index (χ2n) is 3.75. The second kappa shape index (κ2) is 16.3. The van der Waals surface area contributed by atoms with Crippen LogP contribution >= 0.6 is 0 Å². The number of carboxylic acids is 4. The molecule has 0 spiro atoms. The largest absolute Gasteiger partial charge is 0.481 e. The standard InChI is InChI=1S/2C5H9NO4.Cu.Zn/c2*6-3(5(9)10)1-2-4(7)8;;/h2*3H,1-2,6H2,(H,7,8)(H,9,10);;/t2*3-;;/m11../s1. The molecule has 0 aliphatic rings. The second-order valence-corrected chi connectivity index (χ2v) is 3.75. The number of carbonyl (C=O) groups is 4. The summed E-state index contributed by atoms with van der Waals surface area (Å²) in [4.78, 5) is 39.7. The Hall–Kier alpha value is -1.06. The molecule has 0 aromatic carbocycles. The Bertz CT molecular complexity index is 335. The number of rotatable bonds is 8. The Morgan fingerprint density at radius 2 is 0.955 bits per heavy atom. The summed E-state index contributed by atoms with van der Waals surface area (Å²) in [5.74, 6) is -4.39. The zero-order chi connectivity index (χ0) is 16.3. The van der Waals surface area contributed by atoms with Crippen molar-refractivity contribution in [2.45, 2.75) is 37.8 Å². The molecule has 0 aliphatic heterocycles. The maximum absolute atomic E-state index is 9.99. The third-order valence-electron chi connectivity index (χ3n) is 1.97. The summed E-state index contributed by atoms with van der Waals surface area (Å²) in [5.41, 5.74) is 10.0. The van der Waals surface area contributed by atoms with Crippen molar-refractivity contribution in [1.82, 2.24) is 0 Å². The molecular weight excluding hydrogens is 405 g/mol. The van der Waals surface area contributed by atoms with E-state index >= 15 is 0 Å². The average Bonchev–Trinajstić information content (AvgIpc) is 2.33. The van der Waals surface area contributed by atoms with Crippen LogP contribution in [0.3, 0.4) is 0 Å². The summed E-state index contributed by atoms with van der Waals surface area (Å²) in [6, 6.07) is -2.12. The van der Waals surface area contributed by atoms with Gasteiger partial charge in [-0.2, -0.15) is 0 Å². The maximum atomic E-state index is 9.99. The van der Waals surface area contributed by atoms with Gasteiger partial charge >= 0.3 is 23.9 Å². The van der Waals surface area contributed by atoms with Crippen LogP contribution in [0, 0.1) is 0 Å². The Kier molecular flexibility index (Phi) is 21.5. The Morgan fingerprint density at radius 1 is 0.727 bits per heavy atom. The van der Waals surface area contributed by atoms with Crippen LogP contribution in [0.25, 0.3) is 0 Å². The first-order valence-corrected chi connectivity index (χ1v) is 5.48. The molecule has 0 aliphatic carbocycles. The van der Waals surface area contributed by atoms with Gasteiger partial charge in [0.25, 0.3) is 0 Å². The number of carboxylic acid groups (broad SMARTS) is 4. The summed E-state index contributed by atoms with van der Waals surface area (Å²) < 4.78 is 0. The van der Waals surface area contributed by atoms with Gasteiger partial charge in [0.2, 0.25) is 0 Å². The molecule has 2 atom stereocenters. The first kappa shape index (κ1) is 29.0. The fourth-order valence-electron chi connectivity index (χ4n) is 0.805. The van der Waals surface area contributed by atoms with E-state index in [4.69, 9.17) is 31.9 Å². The van der Waals surface area contributed by atoms with E-state index < -0.39 is 36.0 Å². The molecule has 0 saturated heterocycles. The molecule has 0 fully saturated rings. The van der Waals surface area contributed by atoms with Crippen molar-refractivity contribution in [3.05, 3.63) is 0 Å². The smallest absolute Gasteiger partial charge is 0.320 e. The van der Waals surface area contributed by atoms with E-state index in [1.807, 2.05) is 0 Å². The van der Waals surface area contributed by atoms with Gasteiger partial charge in [-0.05, 0) is 12.8 Å². The van der Waals surface area contributed by atoms with Gasteiger partial charge in [0.05, 0.1) is 0 Å². The van der Waals surface area contributed by atoms with Crippen LogP contribution in [0.15, 0.2) is 0 Å². The molecule has 0 saturated carbocycles. The fraction of sp³-hybridized carbons (Fsp3) is 0.600. The summed E-state index contributed by atoms with van der Waals surface area (Å²) in [5, 5.41) is 32.5. The van der Waals surface area contributed by atoms with E-state index in [1.54, 1.807) is 0 Å². The zero-order valence-electron chi connectivity index (χ0n) is 11.6. The molecule has 12 heteroatoms. The SMILES string of the molecule is N[C@H](CCC(=O)O)C(=O)O.N[C@H](CCC(=O)O)C(=O)O.[Cu].[Zn]. The van der Waals surface area contributed by atoms with Crippen LogP contribution in [0.4, 0.5) is 0 Å². The van der Waals surface area contributed by atoms with Gasteiger partial charge in [0.1, 0.15) is 12.1 Å². The monoisotopic (exact) mass is 421 g/mol. The first-order valence-electron chi connectivity index (χ1n) is 5.48. The number of hydrogen-bond donors (Lipinski definition) is 6. The minimum Gasteiger partial charge on any atom is -0.481 e. The van der Waals surface area contributed by atoms with Crippen LogP contribution < -0.4 is 11.5 Å². The van der Waals surface area contributed by atoms with Crippen molar-refractivity contribution in [1.29, 1.82) is 0 Å². The quantitative estimate of drug-likeness (QED) is 0.250. The molecular formula is C10H18CuN2O8Zn. The topological polar surface area (TPSA) is 201 Å². The third-order valence-corrected chi connectivity index (χ3v) is 1.97. The van der Waals surface area contributed by atoms with Gasteiger partial charge in [0, 0.05) is 49.4 Å². The number of nitrogens with two attached hydrogens (primary N) is 2. The van der Waals surface area contributed by atoms with Gasteiger partial charge in [-0.1, -0.05) is 0 Å². The zero-order valence-corrected chi connectivity index (χ0v) is 15.5. The first-order chi connectivity index (χ1) is 9.07. The molecule has 0 heterocycles. The molecule has 1 radical (unpaired) electrons. The van der Waals surface area contributed by atoms with Gasteiger partial charge < -0.3 is 31.9 Å². The predicted molar refractivity (Wildman–Crippen MR) is 65.0 cm³/mol. The van der Waals surface area contributed by atoms with Crippen LogP contribution in [0.2, 0.25) is 0 Å². The van der Waals surface area contributed by atoms with Crippen molar-refractivity contribution in [2.24, 2.45) is 11.5 Å². The van der Waals surface area contributed by atoms with Crippen LogP contribution in [0.5, 0.6) is 0 Å². The molecule has 8 N–H and O–H groups in total. The summed E-state index contributed by atoms with van der Waals surface area (Å²) in [6.45, 7) is 0. The number of aliphatic carboxylic acids is 4. The Labute approximate surface area is 149 Å². The van der Waals surface area contributed by atoms with Crippen molar-refractivity contribution in [2.75, 3.05) is 0 Å². The van der Waals surface area contributed by atoms with E-state index in [0.29, 0.717) is 0 Å². The number of hydrogen-bond acceptors (Lipinski definition) is 6. The van der Waals surface area contributed by atoms with E-state index in [1.165, 1.54) is 0 Å². The van der Waals surface area contributed by atoms with Gasteiger partial charge in [0.15, 0.2) is 0 Å². The minimum atomic E-state index is -1.17. The average molecular weight is 423 g/mol. The maximum Gasteiger partial charge on any atom is 0.320 e. The van der Waals surface area contributed by atoms with Gasteiger partial charge in [-0.3, -0.25) is 19.2 Å². The van der Waals surface area contributed by atoms with Gasteiger partial charge in [-0.15, -0.1) is 0 Å². The summed E-state index contributed by atoms with van der Waals surface area (Å²) >= 11 is 0. The van der Waals surface area contributed by atoms with E-state index in [9.17, 15) is 19.2 Å². The molecule has 22 heavy (non-hydrogen) atoms. The molecule has 0 unspecified atom stereocenters. The molecule has 0 aromatic heterocycles. The Morgan fingerprint density at radius 3 is 1.09 bits per heavy atom. The predicted octanol–water partition coefficient (Wildman–Crippen LogP) is -1.48. The van der Waals surface area contributed by atoms with Crippen LogP contribution in [-0.4, -0.2) is 56.4 Å². The molecule has 129 valence electrons. The van der Waals surface area contributed by atoms with Crippen molar-refractivity contribution < 1.29 is 76.2 Å². The molecule has 0 rings (SSSR count). The normalized spacial score (nSPS) is 11.4. The van der Waals surface area contributed by atoms with Crippen molar-refractivity contribution in [3.8, 4) is 0 Å². The van der Waals surface area contributed by atoms with Crippen LogP contribution in [-0.2, 0) is 55.7 Å². The molecule has 0 bridgehead atoms. The molecule has 10 nitrogen and oxygen atoms in total. The molecule has 0 amide bonds. The Balaban J connectivity index is -0.000000135. The van der Waals surface area contributed by atoms with E-state index in [0.717, 1.165) is 0 Å². The van der Waals surface area contributed by atoms with E-state index in [-0.39, 0.29) is 62.2 Å². The van der Waals surface area contributed by atoms with Crippen molar-refractivity contribution >= 4 is 23.9 Å². The summed E-state index contributed by atoms with van der Waals surface area (Å²) in [6.07, 6.45) is -0.448. The molecule has 0 aromatic rings. The van der Waals surface area contributed by atoms with Gasteiger partial charge in [-0.25, -0.2) is 0 Å². The van der Waals surface area contributed by atoms with E-state index in [2.05, 4.69) is 0 Å². The van der Waals surface area contributed by atoms with Crippen molar-refractivity contribution in [3.63, 3.8) is 0 Å².